The first-order chi connectivity index (χ1) is 15.7. The van der Waals surface area contributed by atoms with E-state index in [9.17, 15) is 14.4 Å². The van der Waals surface area contributed by atoms with Crippen molar-refractivity contribution in [2.45, 2.75) is 52.2 Å². The lowest BCUT2D eigenvalue weighted by Crippen LogP contribution is -2.34. The number of para-hydroxylation sites is 2. The molecular formula is C25H33N3O5. The zero-order valence-electron chi connectivity index (χ0n) is 19.7. The standard InChI is InChI=1S/C25H33N3O5/c1-25(2,3)33-24(31)26-16-15-23(30)28-20-11-7-5-10-19(20)17-27-22(29)14-13-18-9-6-8-12-21(18)32-4/h5-12H,13-17H2,1-4H3,(H,26,31)(H,27,29)(H,28,30). The molecule has 3 amide bonds. The second-order valence-electron chi connectivity index (χ2n) is 8.47. The molecule has 0 aromatic heterocycles. The summed E-state index contributed by atoms with van der Waals surface area (Å²) in [6.45, 7) is 5.76. The van der Waals surface area contributed by atoms with Crippen molar-refractivity contribution in [1.29, 1.82) is 0 Å². The highest BCUT2D eigenvalue weighted by Crippen LogP contribution is 2.19. The molecule has 2 aromatic carbocycles. The topological polar surface area (TPSA) is 106 Å². The lowest BCUT2D eigenvalue weighted by atomic mass is 10.1. The van der Waals surface area contributed by atoms with Crippen LogP contribution < -0.4 is 20.7 Å². The Labute approximate surface area is 195 Å². The van der Waals surface area contributed by atoms with Crippen LogP contribution in [0.2, 0.25) is 0 Å². The average molecular weight is 456 g/mol. The average Bonchev–Trinajstić information content (AvgIpc) is 2.76. The number of carbonyl (C=O) groups is 3. The highest BCUT2D eigenvalue weighted by Gasteiger charge is 2.16. The molecule has 3 N–H and O–H groups in total. The summed E-state index contributed by atoms with van der Waals surface area (Å²) in [5.41, 5.74) is 1.78. The fraction of sp³-hybridized carbons (Fsp3) is 0.400. The minimum Gasteiger partial charge on any atom is -0.496 e. The van der Waals surface area contributed by atoms with Crippen LogP contribution in [0.3, 0.4) is 0 Å². The number of amides is 3. The first-order valence-electron chi connectivity index (χ1n) is 10.9. The Morgan fingerprint density at radius 2 is 1.52 bits per heavy atom. The van der Waals surface area contributed by atoms with Gasteiger partial charge in [0.1, 0.15) is 11.4 Å². The molecule has 0 radical (unpaired) electrons. The SMILES string of the molecule is COc1ccccc1CCC(=O)NCc1ccccc1NC(=O)CCNC(=O)OC(C)(C)C. The third-order valence-electron chi connectivity index (χ3n) is 4.60. The van der Waals surface area contributed by atoms with Gasteiger partial charge in [0.05, 0.1) is 7.11 Å². The van der Waals surface area contributed by atoms with E-state index < -0.39 is 11.7 Å². The summed E-state index contributed by atoms with van der Waals surface area (Å²) in [7, 11) is 1.61. The number of methoxy groups -OCH3 is 1. The molecule has 0 aliphatic rings. The summed E-state index contributed by atoms with van der Waals surface area (Å²) in [4.78, 5) is 36.3. The maximum absolute atomic E-state index is 12.3. The Bertz CT molecular complexity index is 953. The molecule has 33 heavy (non-hydrogen) atoms. The van der Waals surface area contributed by atoms with E-state index in [1.165, 1.54) is 0 Å². The van der Waals surface area contributed by atoms with Gasteiger partial charge >= 0.3 is 6.09 Å². The highest BCUT2D eigenvalue weighted by atomic mass is 16.6. The van der Waals surface area contributed by atoms with Crippen molar-refractivity contribution >= 4 is 23.6 Å². The number of ether oxygens (including phenoxy) is 2. The maximum Gasteiger partial charge on any atom is 0.407 e. The number of nitrogens with one attached hydrogen (secondary N) is 3. The summed E-state index contributed by atoms with van der Waals surface area (Å²) in [6.07, 6.45) is 0.426. The molecular weight excluding hydrogens is 422 g/mol. The van der Waals surface area contributed by atoms with Gasteiger partial charge in [-0.15, -0.1) is 0 Å². The van der Waals surface area contributed by atoms with E-state index >= 15 is 0 Å². The predicted octanol–water partition coefficient (Wildman–Crippen LogP) is 3.80. The molecule has 2 aromatic rings. The van der Waals surface area contributed by atoms with Crippen molar-refractivity contribution in [1.82, 2.24) is 10.6 Å². The van der Waals surface area contributed by atoms with Crippen molar-refractivity contribution in [2.24, 2.45) is 0 Å². The Balaban J connectivity index is 1.80. The van der Waals surface area contributed by atoms with E-state index in [1.54, 1.807) is 33.9 Å². The van der Waals surface area contributed by atoms with Gasteiger partial charge in [0.25, 0.3) is 0 Å². The second kappa shape index (κ2) is 12.5. The molecule has 0 spiro atoms. The van der Waals surface area contributed by atoms with Crippen LogP contribution in [0.5, 0.6) is 5.75 Å². The normalized spacial score (nSPS) is 10.8. The molecule has 0 saturated heterocycles. The van der Waals surface area contributed by atoms with Crippen LogP contribution in [0.1, 0.15) is 44.7 Å². The van der Waals surface area contributed by atoms with Crippen LogP contribution in [-0.2, 0) is 27.3 Å². The van der Waals surface area contributed by atoms with Crippen LogP contribution in [0.15, 0.2) is 48.5 Å². The fourth-order valence-electron chi connectivity index (χ4n) is 3.04. The molecule has 0 fully saturated rings. The van der Waals surface area contributed by atoms with Gasteiger partial charge in [0.15, 0.2) is 0 Å². The highest BCUT2D eigenvalue weighted by molar-refractivity contribution is 5.92. The number of anilines is 1. The summed E-state index contributed by atoms with van der Waals surface area (Å²) in [6, 6.07) is 14.9. The summed E-state index contributed by atoms with van der Waals surface area (Å²) in [5, 5.41) is 8.28. The predicted molar refractivity (Wildman–Crippen MR) is 127 cm³/mol. The number of hydrogen-bond donors (Lipinski definition) is 3. The van der Waals surface area contributed by atoms with E-state index in [0.29, 0.717) is 18.5 Å². The fourth-order valence-corrected chi connectivity index (χ4v) is 3.04. The number of hydrogen-bond acceptors (Lipinski definition) is 5. The van der Waals surface area contributed by atoms with E-state index in [-0.39, 0.29) is 31.3 Å². The van der Waals surface area contributed by atoms with Gasteiger partial charge in [-0.25, -0.2) is 4.79 Å². The maximum atomic E-state index is 12.3. The van der Waals surface area contributed by atoms with Gasteiger partial charge in [-0.1, -0.05) is 36.4 Å². The lowest BCUT2D eigenvalue weighted by Gasteiger charge is -2.19. The minimum atomic E-state index is -0.594. The first-order valence-corrected chi connectivity index (χ1v) is 10.9. The zero-order valence-corrected chi connectivity index (χ0v) is 19.7. The van der Waals surface area contributed by atoms with Gasteiger partial charge in [0.2, 0.25) is 11.8 Å². The second-order valence-corrected chi connectivity index (χ2v) is 8.47. The first kappa shape index (κ1) is 25.7. The Morgan fingerprint density at radius 3 is 2.21 bits per heavy atom. The molecule has 0 aliphatic carbocycles. The van der Waals surface area contributed by atoms with E-state index in [0.717, 1.165) is 16.9 Å². The quantitative estimate of drug-likeness (QED) is 0.505. The third kappa shape index (κ3) is 9.64. The van der Waals surface area contributed by atoms with Crippen LogP contribution in [-0.4, -0.2) is 37.2 Å². The lowest BCUT2D eigenvalue weighted by molar-refractivity contribution is -0.121. The molecule has 0 saturated carbocycles. The van der Waals surface area contributed by atoms with Crippen molar-refractivity contribution in [2.75, 3.05) is 19.0 Å². The zero-order chi connectivity index (χ0) is 24.3. The molecule has 8 nitrogen and oxygen atoms in total. The van der Waals surface area contributed by atoms with Crippen LogP contribution >= 0.6 is 0 Å². The van der Waals surface area contributed by atoms with E-state index in [2.05, 4.69) is 16.0 Å². The number of rotatable bonds is 10. The summed E-state index contributed by atoms with van der Waals surface area (Å²) >= 11 is 0. The smallest absolute Gasteiger partial charge is 0.407 e. The molecule has 0 bridgehead atoms. The Kier molecular flexibility index (Phi) is 9.72. The van der Waals surface area contributed by atoms with Gasteiger partial charge < -0.3 is 25.4 Å². The van der Waals surface area contributed by atoms with Gasteiger partial charge in [-0.2, -0.15) is 0 Å². The van der Waals surface area contributed by atoms with Crippen LogP contribution in [0, 0.1) is 0 Å². The summed E-state index contributed by atoms with van der Waals surface area (Å²) in [5.74, 6) is 0.420. The van der Waals surface area contributed by atoms with E-state index in [4.69, 9.17) is 9.47 Å². The third-order valence-corrected chi connectivity index (χ3v) is 4.60. The molecule has 0 atom stereocenters. The number of aryl methyl sites for hydroxylation is 1. The van der Waals surface area contributed by atoms with Crippen LogP contribution in [0.25, 0.3) is 0 Å². The molecule has 178 valence electrons. The Hall–Kier alpha value is -3.55. The number of benzene rings is 2. The van der Waals surface area contributed by atoms with E-state index in [1.807, 2.05) is 42.5 Å². The monoisotopic (exact) mass is 455 g/mol. The minimum absolute atomic E-state index is 0.0939. The van der Waals surface area contributed by atoms with Crippen molar-refractivity contribution in [3.8, 4) is 5.75 Å². The Morgan fingerprint density at radius 1 is 0.848 bits per heavy atom. The van der Waals surface area contributed by atoms with Gasteiger partial charge in [0, 0.05) is 31.6 Å². The number of carbonyl (C=O) groups excluding carboxylic acids is 3. The molecule has 2 rings (SSSR count). The molecule has 0 unspecified atom stereocenters. The van der Waals surface area contributed by atoms with Crippen LogP contribution in [0.4, 0.5) is 10.5 Å². The molecule has 0 heterocycles. The molecule has 8 heteroatoms. The molecule has 0 aliphatic heterocycles. The summed E-state index contributed by atoms with van der Waals surface area (Å²) < 4.78 is 10.5. The van der Waals surface area contributed by atoms with Crippen molar-refractivity contribution in [3.05, 3.63) is 59.7 Å². The van der Waals surface area contributed by atoms with Crippen molar-refractivity contribution in [3.63, 3.8) is 0 Å². The largest absolute Gasteiger partial charge is 0.496 e. The van der Waals surface area contributed by atoms with Crippen molar-refractivity contribution < 1.29 is 23.9 Å². The number of alkyl carbamates (subject to hydrolysis) is 1. The van der Waals surface area contributed by atoms with Gasteiger partial charge in [-0.05, 0) is 50.5 Å². The van der Waals surface area contributed by atoms with Gasteiger partial charge in [-0.3, -0.25) is 9.59 Å².